The van der Waals surface area contributed by atoms with Crippen molar-refractivity contribution in [1.82, 2.24) is 10.0 Å². The van der Waals surface area contributed by atoms with Gasteiger partial charge >= 0.3 is 0 Å². The van der Waals surface area contributed by atoms with Crippen LogP contribution < -0.4 is 10.0 Å². The molecule has 1 aliphatic heterocycles. The van der Waals surface area contributed by atoms with Gasteiger partial charge in [0.2, 0.25) is 10.0 Å². The molecule has 130 valence electrons. The van der Waals surface area contributed by atoms with Crippen molar-refractivity contribution in [2.24, 2.45) is 0 Å². The molecule has 1 atom stereocenters. The summed E-state index contributed by atoms with van der Waals surface area (Å²) < 4.78 is 26.4. The molecule has 5 nitrogen and oxygen atoms in total. The number of benzene rings is 2. The fourth-order valence-corrected chi connectivity index (χ4v) is 3.91. The van der Waals surface area contributed by atoms with Crippen molar-refractivity contribution in [1.29, 1.82) is 0 Å². The fraction of sp³-hybridized carbons (Fsp3) is 0.294. The zero-order valence-electron chi connectivity index (χ0n) is 13.3. The average Bonchev–Trinajstić information content (AvgIpc) is 2.77. The molecule has 1 heterocycles. The third-order valence-corrected chi connectivity index (χ3v) is 5.72. The van der Waals surface area contributed by atoms with Gasteiger partial charge in [-0.05, 0) is 48.8 Å². The second kappa shape index (κ2) is 7.65. The summed E-state index contributed by atoms with van der Waals surface area (Å²) in [5.41, 5.74) is 3.08. The molecular weight excluding hydrogens is 392 g/mol. The van der Waals surface area contributed by atoms with E-state index in [4.69, 9.17) is 0 Å². The van der Waals surface area contributed by atoms with Gasteiger partial charge in [0, 0.05) is 12.5 Å². The highest BCUT2D eigenvalue weighted by molar-refractivity contribution is 8.93. The van der Waals surface area contributed by atoms with Crippen molar-refractivity contribution >= 4 is 27.0 Å². The molecule has 0 fully saturated rings. The van der Waals surface area contributed by atoms with Crippen LogP contribution in [0.5, 0.6) is 5.75 Å². The summed E-state index contributed by atoms with van der Waals surface area (Å²) in [6, 6.07) is 13.2. The minimum atomic E-state index is -3.68. The van der Waals surface area contributed by atoms with Crippen LogP contribution in [0.3, 0.4) is 0 Å². The van der Waals surface area contributed by atoms with Gasteiger partial charge < -0.3 is 10.4 Å². The van der Waals surface area contributed by atoms with Crippen LogP contribution in [-0.4, -0.2) is 33.7 Å². The second-order valence-corrected chi connectivity index (χ2v) is 7.50. The van der Waals surface area contributed by atoms with Crippen molar-refractivity contribution in [3.8, 4) is 5.75 Å². The maximum atomic E-state index is 12.1. The quantitative estimate of drug-likeness (QED) is 0.721. The molecule has 0 amide bonds. The lowest BCUT2D eigenvalue weighted by Gasteiger charge is -2.19. The van der Waals surface area contributed by atoms with E-state index in [0.717, 1.165) is 36.2 Å². The van der Waals surface area contributed by atoms with Gasteiger partial charge in [0.25, 0.3) is 0 Å². The topological polar surface area (TPSA) is 78.4 Å². The maximum absolute atomic E-state index is 12.1. The number of nitrogens with one attached hydrogen (secondary N) is 2. The molecule has 1 aliphatic rings. The Balaban J connectivity index is 0.00000208. The van der Waals surface area contributed by atoms with Crippen molar-refractivity contribution < 1.29 is 13.5 Å². The molecule has 0 aliphatic carbocycles. The number of aromatic hydroxyl groups is 1. The van der Waals surface area contributed by atoms with E-state index >= 15 is 0 Å². The van der Waals surface area contributed by atoms with Crippen molar-refractivity contribution in [2.45, 2.75) is 17.2 Å². The summed E-state index contributed by atoms with van der Waals surface area (Å²) in [7, 11) is -2.33. The number of sulfonamides is 1. The van der Waals surface area contributed by atoms with E-state index in [0.29, 0.717) is 0 Å². The van der Waals surface area contributed by atoms with Gasteiger partial charge in [-0.15, -0.1) is 17.0 Å². The number of fused-ring (bicyclic) bond motifs is 1. The molecule has 0 aromatic heterocycles. The zero-order valence-corrected chi connectivity index (χ0v) is 15.8. The third kappa shape index (κ3) is 3.64. The Labute approximate surface area is 152 Å². The highest BCUT2D eigenvalue weighted by atomic mass is 79.9. The minimum absolute atomic E-state index is 0. The van der Waals surface area contributed by atoms with Crippen LogP contribution in [0.1, 0.15) is 22.6 Å². The normalized spacial score (nSPS) is 17.5. The third-order valence-electron chi connectivity index (χ3n) is 4.28. The molecular formula is C17H21BrN2O3S. The molecule has 3 N–H and O–H groups in total. The molecule has 0 bridgehead atoms. The molecule has 3 rings (SSSR count). The van der Waals surface area contributed by atoms with E-state index in [-0.39, 0.29) is 33.5 Å². The summed E-state index contributed by atoms with van der Waals surface area (Å²) in [6.07, 6.45) is 0.727. The standard InChI is InChI=1S/C17H20N2O3S.BrH/c1-18-23(21,22)17-9-13-7-8-19-11-15(14(13)10-16(17)20)12-5-3-2-4-6-12;/h2-6,9-10,15,18-20H,7-8,11H2,1H3;1H. The van der Waals surface area contributed by atoms with E-state index in [1.165, 1.54) is 7.05 Å². The number of phenols is 1. The van der Waals surface area contributed by atoms with Gasteiger partial charge in [0.05, 0.1) is 0 Å². The van der Waals surface area contributed by atoms with Crippen LogP contribution >= 0.6 is 17.0 Å². The number of halogens is 1. The molecule has 7 heteroatoms. The highest BCUT2D eigenvalue weighted by Crippen LogP contribution is 2.35. The van der Waals surface area contributed by atoms with E-state index in [1.54, 1.807) is 12.1 Å². The van der Waals surface area contributed by atoms with Gasteiger partial charge in [-0.1, -0.05) is 30.3 Å². The predicted molar refractivity (Wildman–Crippen MR) is 99.5 cm³/mol. The monoisotopic (exact) mass is 412 g/mol. The number of phenolic OH excluding ortho intramolecular Hbond substituents is 1. The van der Waals surface area contributed by atoms with E-state index in [2.05, 4.69) is 22.2 Å². The zero-order chi connectivity index (χ0) is 16.4. The first kappa shape index (κ1) is 18.9. The van der Waals surface area contributed by atoms with Crippen molar-refractivity contribution in [2.75, 3.05) is 20.1 Å². The van der Waals surface area contributed by atoms with Crippen LogP contribution in [0.15, 0.2) is 47.4 Å². The number of hydrogen-bond acceptors (Lipinski definition) is 4. The SMILES string of the molecule is Br.CNS(=O)(=O)c1cc2c(cc1O)C(c1ccccc1)CNCC2. The van der Waals surface area contributed by atoms with Gasteiger partial charge in [0.1, 0.15) is 10.6 Å². The first-order valence-electron chi connectivity index (χ1n) is 7.58. The minimum Gasteiger partial charge on any atom is -0.507 e. The lowest BCUT2D eigenvalue weighted by Crippen LogP contribution is -2.21. The Hall–Kier alpha value is -1.41. The summed E-state index contributed by atoms with van der Waals surface area (Å²) >= 11 is 0. The molecule has 24 heavy (non-hydrogen) atoms. The molecule has 2 aromatic rings. The van der Waals surface area contributed by atoms with Crippen LogP contribution in [0.25, 0.3) is 0 Å². The van der Waals surface area contributed by atoms with Gasteiger partial charge in [-0.3, -0.25) is 0 Å². The summed E-state index contributed by atoms with van der Waals surface area (Å²) in [4.78, 5) is -0.0625. The van der Waals surface area contributed by atoms with E-state index in [9.17, 15) is 13.5 Å². The molecule has 2 aromatic carbocycles. The lowest BCUT2D eigenvalue weighted by molar-refractivity contribution is 0.456. The molecule has 0 radical (unpaired) electrons. The molecule has 0 saturated carbocycles. The second-order valence-electron chi connectivity index (χ2n) is 5.64. The van der Waals surface area contributed by atoms with Gasteiger partial charge in [0.15, 0.2) is 0 Å². The van der Waals surface area contributed by atoms with Gasteiger partial charge in [-0.25, -0.2) is 13.1 Å². The molecule has 0 saturated heterocycles. The Bertz CT molecular complexity index is 810. The lowest BCUT2D eigenvalue weighted by atomic mass is 9.88. The Morgan fingerprint density at radius 1 is 1.21 bits per heavy atom. The van der Waals surface area contributed by atoms with Crippen LogP contribution in [0.4, 0.5) is 0 Å². The fourth-order valence-electron chi connectivity index (χ4n) is 3.05. The van der Waals surface area contributed by atoms with Gasteiger partial charge in [-0.2, -0.15) is 0 Å². The molecule has 1 unspecified atom stereocenters. The number of rotatable bonds is 3. The maximum Gasteiger partial charge on any atom is 0.243 e. The summed E-state index contributed by atoms with van der Waals surface area (Å²) in [5, 5.41) is 13.6. The summed E-state index contributed by atoms with van der Waals surface area (Å²) in [6.45, 7) is 1.54. The Morgan fingerprint density at radius 3 is 2.58 bits per heavy atom. The largest absolute Gasteiger partial charge is 0.507 e. The molecule has 0 spiro atoms. The van der Waals surface area contributed by atoms with Crippen molar-refractivity contribution in [3.05, 3.63) is 59.2 Å². The van der Waals surface area contributed by atoms with Crippen LogP contribution in [-0.2, 0) is 16.4 Å². The highest BCUT2D eigenvalue weighted by Gasteiger charge is 2.25. The summed E-state index contributed by atoms with van der Waals surface area (Å²) in [5.74, 6) is -0.119. The first-order valence-corrected chi connectivity index (χ1v) is 9.06. The van der Waals surface area contributed by atoms with Crippen LogP contribution in [0.2, 0.25) is 0 Å². The predicted octanol–water partition coefficient (Wildman–Crippen LogP) is 2.16. The first-order chi connectivity index (χ1) is 11.0. The smallest absolute Gasteiger partial charge is 0.243 e. The van der Waals surface area contributed by atoms with Crippen molar-refractivity contribution in [3.63, 3.8) is 0 Å². The number of hydrogen-bond donors (Lipinski definition) is 3. The van der Waals surface area contributed by atoms with Crippen LogP contribution in [0, 0.1) is 0 Å². The van der Waals surface area contributed by atoms with E-state index in [1.807, 2.05) is 18.2 Å². The Kier molecular flexibility index (Phi) is 6.03. The Morgan fingerprint density at radius 2 is 1.92 bits per heavy atom. The average molecular weight is 413 g/mol. The van der Waals surface area contributed by atoms with E-state index < -0.39 is 10.0 Å².